The summed E-state index contributed by atoms with van der Waals surface area (Å²) in [7, 11) is 0. The summed E-state index contributed by atoms with van der Waals surface area (Å²) in [5.74, 6) is -1.62. The fourth-order valence-corrected chi connectivity index (χ4v) is 2.21. The normalized spacial score (nSPS) is 11.1. The van der Waals surface area contributed by atoms with E-state index < -0.39 is 42.6 Å². The minimum atomic E-state index is -4.60. The first-order valence-electron chi connectivity index (χ1n) is 8.10. The van der Waals surface area contributed by atoms with Gasteiger partial charge in [0.05, 0.1) is 22.7 Å². The third kappa shape index (κ3) is 7.11. The van der Waals surface area contributed by atoms with Crippen LogP contribution in [-0.2, 0) is 25.3 Å². The summed E-state index contributed by atoms with van der Waals surface area (Å²) >= 11 is 5.78. The number of halogens is 4. The number of esters is 1. The lowest BCUT2D eigenvalue weighted by Crippen LogP contribution is -2.22. The molecule has 8 nitrogen and oxygen atoms in total. The van der Waals surface area contributed by atoms with Gasteiger partial charge in [0.25, 0.3) is 5.91 Å². The summed E-state index contributed by atoms with van der Waals surface area (Å²) in [6.45, 7) is 1.02. The van der Waals surface area contributed by atoms with E-state index in [-0.39, 0.29) is 22.9 Å². The Balaban J connectivity index is 1.77. The van der Waals surface area contributed by atoms with Crippen LogP contribution in [0.4, 0.5) is 24.7 Å². The van der Waals surface area contributed by atoms with Gasteiger partial charge in [-0.15, -0.1) is 0 Å². The summed E-state index contributed by atoms with van der Waals surface area (Å²) in [6, 6.07) is 3.93. The number of anilines is 2. The number of hydrogen-bond acceptors (Lipinski definition) is 6. The molecule has 2 amide bonds. The van der Waals surface area contributed by atoms with Gasteiger partial charge in [-0.25, -0.2) is 0 Å². The molecule has 1 aromatic heterocycles. The summed E-state index contributed by atoms with van der Waals surface area (Å²) in [6.07, 6.45) is -5.37. The Morgan fingerprint density at radius 3 is 2.48 bits per heavy atom. The Morgan fingerprint density at radius 1 is 1.14 bits per heavy atom. The van der Waals surface area contributed by atoms with Gasteiger partial charge in [-0.2, -0.15) is 13.2 Å². The zero-order valence-electron chi connectivity index (χ0n) is 14.9. The summed E-state index contributed by atoms with van der Waals surface area (Å²) in [5, 5.41) is 7.97. The van der Waals surface area contributed by atoms with E-state index in [0.29, 0.717) is 11.8 Å². The van der Waals surface area contributed by atoms with Crippen LogP contribution in [0.1, 0.15) is 24.2 Å². The van der Waals surface area contributed by atoms with Crippen LogP contribution >= 0.6 is 11.6 Å². The first-order chi connectivity index (χ1) is 13.5. The fraction of sp³-hybridized carbons (Fsp3) is 0.294. The molecule has 0 aliphatic heterocycles. The summed E-state index contributed by atoms with van der Waals surface area (Å²) in [4.78, 5) is 35.1. The molecule has 0 radical (unpaired) electrons. The number of nitrogens with zero attached hydrogens (tertiary/aromatic N) is 1. The standard InChI is InChI=1S/C17H15ClF3N3O5/c1-9-6-13(24-29-9)23-15(26)8-28-16(27)5-4-14(25)22-12-7-10(17(19,20)21)2-3-11(12)18/h2-3,6-7H,4-5,8H2,1H3,(H,22,25)(H,23,24,26). The topological polar surface area (TPSA) is 111 Å². The van der Waals surface area contributed by atoms with Crippen molar-refractivity contribution in [2.45, 2.75) is 25.9 Å². The van der Waals surface area contributed by atoms with Crippen molar-refractivity contribution in [1.29, 1.82) is 0 Å². The number of aromatic nitrogens is 1. The number of ether oxygens (including phenoxy) is 1. The first-order valence-corrected chi connectivity index (χ1v) is 8.48. The number of amides is 2. The van der Waals surface area contributed by atoms with Gasteiger partial charge in [0, 0.05) is 12.5 Å². The highest BCUT2D eigenvalue weighted by atomic mass is 35.5. The molecule has 0 saturated carbocycles. The Morgan fingerprint density at radius 2 is 1.86 bits per heavy atom. The number of carbonyl (C=O) groups excluding carboxylic acids is 3. The van der Waals surface area contributed by atoms with E-state index in [1.165, 1.54) is 6.07 Å². The first kappa shape index (κ1) is 22.2. The lowest BCUT2D eigenvalue weighted by atomic mass is 10.2. The number of aryl methyl sites for hydroxylation is 1. The highest BCUT2D eigenvalue weighted by Gasteiger charge is 2.31. The van der Waals surface area contributed by atoms with Crippen LogP contribution in [0.25, 0.3) is 0 Å². The number of nitrogens with one attached hydrogen (secondary N) is 2. The maximum absolute atomic E-state index is 12.7. The third-order valence-corrected chi connectivity index (χ3v) is 3.71. The predicted molar refractivity (Wildman–Crippen MR) is 95.1 cm³/mol. The second-order valence-electron chi connectivity index (χ2n) is 5.77. The number of hydrogen-bond donors (Lipinski definition) is 2. The van der Waals surface area contributed by atoms with Gasteiger partial charge in [0.2, 0.25) is 5.91 Å². The molecule has 2 aromatic rings. The second-order valence-corrected chi connectivity index (χ2v) is 6.18. The van der Waals surface area contributed by atoms with Gasteiger partial charge in [0.15, 0.2) is 12.4 Å². The molecule has 2 rings (SSSR count). The van der Waals surface area contributed by atoms with E-state index in [0.717, 1.165) is 12.1 Å². The SMILES string of the molecule is Cc1cc(NC(=O)COC(=O)CCC(=O)Nc2cc(C(F)(F)F)ccc2Cl)no1. The van der Waals surface area contributed by atoms with E-state index in [9.17, 15) is 27.6 Å². The predicted octanol–water partition coefficient (Wildman–Crippen LogP) is 3.56. The molecule has 0 unspecified atom stereocenters. The van der Waals surface area contributed by atoms with Gasteiger partial charge < -0.3 is 19.9 Å². The molecular formula is C17H15ClF3N3O5. The Bertz CT molecular complexity index is 914. The van der Waals surface area contributed by atoms with Gasteiger partial charge in [-0.1, -0.05) is 16.8 Å². The van der Waals surface area contributed by atoms with Crippen LogP contribution in [0.15, 0.2) is 28.8 Å². The van der Waals surface area contributed by atoms with Crippen molar-refractivity contribution >= 4 is 40.9 Å². The van der Waals surface area contributed by atoms with Crippen LogP contribution in [0.5, 0.6) is 0 Å². The van der Waals surface area contributed by atoms with Gasteiger partial charge in [0.1, 0.15) is 5.76 Å². The monoisotopic (exact) mass is 433 g/mol. The maximum Gasteiger partial charge on any atom is 0.416 e. The van der Waals surface area contributed by atoms with Crippen LogP contribution in [0, 0.1) is 6.92 Å². The van der Waals surface area contributed by atoms with Crippen molar-refractivity contribution in [3.63, 3.8) is 0 Å². The van der Waals surface area contributed by atoms with E-state index >= 15 is 0 Å². The highest BCUT2D eigenvalue weighted by molar-refractivity contribution is 6.33. The average molecular weight is 434 g/mol. The van der Waals surface area contributed by atoms with Crippen molar-refractivity contribution < 1.29 is 36.8 Å². The van der Waals surface area contributed by atoms with Crippen molar-refractivity contribution in [2.24, 2.45) is 0 Å². The van der Waals surface area contributed by atoms with E-state index in [4.69, 9.17) is 20.9 Å². The molecule has 0 aliphatic carbocycles. The third-order valence-electron chi connectivity index (χ3n) is 3.38. The van der Waals surface area contributed by atoms with Gasteiger partial charge in [-0.05, 0) is 25.1 Å². The molecule has 0 spiro atoms. The number of alkyl halides is 3. The molecule has 156 valence electrons. The molecule has 0 aliphatic rings. The zero-order valence-corrected chi connectivity index (χ0v) is 15.7. The molecule has 29 heavy (non-hydrogen) atoms. The average Bonchev–Trinajstić information content (AvgIpc) is 3.03. The number of rotatable bonds is 7. The fourth-order valence-electron chi connectivity index (χ4n) is 2.05. The van der Waals surface area contributed by atoms with Crippen LogP contribution in [0.3, 0.4) is 0 Å². The second kappa shape index (κ2) is 9.41. The molecule has 0 atom stereocenters. The Kier molecular flexibility index (Phi) is 7.21. The van der Waals surface area contributed by atoms with Crippen LogP contribution < -0.4 is 10.6 Å². The van der Waals surface area contributed by atoms with E-state index in [1.807, 2.05) is 0 Å². The molecular weight excluding hydrogens is 419 g/mol. The lowest BCUT2D eigenvalue weighted by molar-refractivity contribution is -0.147. The molecule has 0 fully saturated rings. The quantitative estimate of drug-likeness (QED) is 0.646. The van der Waals surface area contributed by atoms with Gasteiger partial charge >= 0.3 is 12.1 Å². The molecule has 1 aromatic carbocycles. The Labute approximate surface area is 167 Å². The van der Waals surface area contributed by atoms with Crippen molar-refractivity contribution in [3.8, 4) is 0 Å². The minimum absolute atomic E-state index is 0.0892. The van der Waals surface area contributed by atoms with E-state index in [2.05, 4.69) is 15.8 Å². The summed E-state index contributed by atoms with van der Waals surface area (Å²) < 4.78 is 47.6. The van der Waals surface area contributed by atoms with Crippen molar-refractivity contribution in [1.82, 2.24) is 5.16 Å². The summed E-state index contributed by atoms with van der Waals surface area (Å²) in [5.41, 5.74) is -1.22. The number of carbonyl (C=O) groups is 3. The zero-order chi connectivity index (χ0) is 21.6. The molecule has 0 saturated heterocycles. The van der Waals surface area contributed by atoms with Crippen molar-refractivity contribution in [2.75, 3.05) is 17.2 Å². The highest BCUT2D eigenvalue weighted by Crippen LogP contribution is 2.33. The number of benzene rings is 1. The smallest absolute Gasteiger partial charge is 0.416 e. The minimum Gasteiger partial charge on any atom is -0.456 e. The van der Waals surface area contributed by atoms with Gasteiger partial charge in [-0.3, -0.25) is 14.4 Å². The maximum atomic E-state index is 12.7. The van der Waals surface area contributed by atoms with Crippen LogP contribution in [0.2, 0.25) is 5.02 Å². The molecule has 0 bridgehead atoms. The molecule has 2 N–H and O–H groups in total. The lowest BCUT2D eigenvalue weighted by Gasteiger charge is -2.11. The van der Waals surface area contributed by atoms with Crippen LogP contribution in [-0.4, -0.2) is 29.5 Å². The van der Waals surface area contributed by atoms with E-state index in [1.54, 1.807) is 6.92 Å². The Hall–Kier alpha value is -3.08. The largest absolute Gasteiger partial charge is 0.456 e. The molecule has 12 heteroatoms. The molecule has 1 heterocycles. The van der Waals surface area contributed by atoms with Crippen molar-refractivity contribution in [3.05, 3.63) is 40.6 Å².